The molecule has 0 spiro atoms. The second-order valence-electron chi connectivity index (χ2n) is 14.9. The first kappa shape index (κ1) is 43.7. The van der Waals surface area contributed by atoms with Gasteiger partial charge < -0.3 is 58.3 Å². The summed E-state index contributed by atoms with van der Waals surface area (Å²) in [6.45, 7) is -0.0314. The van der Waals surface area contributed by atoms with Gasteiger partial charge in [-0.15, -0.1) is 0 Å². The van der Waals surface area contributed by atoms with Crippen LogP contribution in [0.25, 0.3) is 0 Å². The Kier molecular flexibility index (Phi) is 16.4. The summed E-state index contributed by atoms with van der Waals surface area (Å²) >= 11 is 0. The van der Waals surface area contributed by atoms with E-state index in [1.165, 1.54) is 0 Å². The lowest BCUT2D eigenvalue weighted by Gasteiger charge is -2.49. The van der Waals surface area contributed by atoms with Gasteiger partial charge in [-0.2, -0.15) is 0 Å². The van der Waals surface area contributed by atoms with Gasteiger partial charge in [0.25, 0.3) is 0 Å². The van der Waals surface area contributed by atoms with Gasteiger partial charge in [0.2, 0.25) is 0 Å². The van der Waals surface area contributed by atoms with Crippen molar-refractivity contribution in [1.29, 1.82) is 0 Å². The van der Waals surface area contributed by atoms with Gasteiger partial charge in [-0.3, -0.25) is 0 Å². The highest BCUT2D eigenvalue weighted by Crippen LogP contribution is 2.35. The Bertz CT molecular complexity index is 1930. The fourth-order valence-corrected chi connectivity index (χ4v) is 7.40. The fraction of sp³-hybridized carbons (Fsp3) is 0.375. The van der Waals surface area contributed by atoms with Crippen LogP contribution in [-0.2, 0) is 70.9 Å². The second kappa shape index (κ2) is 22.5. The summed E-state index contributed by atoms with van der Waals surface area (Å²) < 4.78 is 52.1. The molecule has 5 aromatic rings. The summed E-state index contributed by atoms with van der Waals surface area (Å²) in [4.78, 5) is 0. The lowest BCUT2D eigenvalue weighted by molar-refractivity contribution is -0.375. The molecule has 12 heteroatoms. The van der Waals surface area contributed by atoms with E-state index >= 15 is 0 Å². The van der Waals surface area contributed by atoms with Crippen LogP contribution in [0.5, 0.6) is 0 Å². The molecule has 4 N–H and O–H groups in total. The van der Waals surface area contributed by atoms with Crippen LogP contribution >= 0.6 is 0 Å². The van der Waals surface area contributed by atoms with Crippen LogP contribution < -0.4 is 0 Å². The average molecular weight is 823 g/mol. The van der Waals surface area contributed by atoms with Gasteiger partial charge >= 0.3 is 0 Å². The molecule has 0 bridgehead atoms. The van der Waals surface area contributed by atoms with Crippen LogP contribution in [0, 0.1) is 0 Å². The maximum absolute atomic E-state index is 11.8. The maximum atomic E-state index is 11.8. The van der Waals surface area contributed by atoms with Crippen LogP contribution in [0.4, 0.5) is 0 Å². The van der Waals surface area contributed by atoms with Gasteiger partial charge in [-0.05, 0) is 27.8 Å². The minimum Gasteiger partial charge on any atom is -0.394 e. The molecule has 12 nitrogen and oxygen atoms in total. The predicted molar refractivity (Wildman–Crippen MR) is 220 cm³/mol. The van der Waals surface area contributed by atoms with Crippen molar-refractivity contribution in [2.75, 3.05) is 13.2 Å². The Hall–Kier alpha value is -4.38. The summed E-state index contributed by atoms with van der Waals surface area (Å²) in [6.07, 6.45) is -13.4. The molecule has 2 fully saturated rings. The molecule has 0 amide bonds. The number of ether oxygens (including phenoxy) is 8. The Morgan fingerprint density at radius 3 is 1.32 bits per heavy atom. The quantitative estimate of drug-likeness (QED) is 0.0828. The van der Waals surface area contributed by atoms with E-state index in [0.717, 1.165) is 27.8 Å². The number of hydrogen-bond acceptors (Lipinski definition) is 12. The van der Waals surface area contributed by atoms with E-state index in [2.05, 4.69) is 0 Å². The molecule has 0 radical (unpaired) electrons. The minimum absolute atomic E-state index is 0.0330. The highest BCUT2D eigenvalue weighted by Gasteiger charge is 2.54. The van der Waals surface area contributed by atoms with E-state index in [1.54, 1.807) is 0 Å². The minimum atomic E-state index is -1.51. The Morgan fingerprint density at radius 2 is 0.867 bits per heavy atom. The summed E-state index contributed by atoms with van der Waals surface area (Å²) in [5, 5.41) is 44.7. The van der Waals surface area contributed by atoms with Crippen molar-refractivity contribution in [2.24, 2.45) is 0 Å². The van der Waals surface area contributed by atoms with Gasteiger partial charge in [-0.1, -0.05) is 152 Å². The summed E-state index contributed by atoms with van der Waals surface area (Å²) in [5.41, 5.74) is 4.37. The molecule has 5 aromatic carbocycles. The standard InChI is InChI=1S/C48H54O12/c49-26-38(50)41-40(51)43(54-28-34-18-8-2-9-19-34)46(57-31-37-24-14-5-15-25-37)48(59-41)60-42-39(32-53-27-33-16-6-1-7-17-33)58-47(52)45(56-30-36-22-12-4-13-23-36)44(42)55-29-35-20-10-3-11-21-35/h1-25,38-52H,26-32H2/t38-,39-,40-,41-,42-,43+,44+,45+,46+,47+,48+/m1/s1. The average Bonchev–Trinajstić information content (AvgIpc) is 3.29. The highest BCUT2D eigenvalue weighted by molar-refractivity contribution is 5.17. The Morgan fingerprint density at radius 1 is 0.467 bits per heavy atom. The molecule has 2 aliphatic heterocycles. The van der Waals surface area contributed by atoms with E-state index in [0.29, 0.717) is 0 Å². The van der Waals surface area contributed by atoms with Crippen molar-refractivity contribution >= 4 is 0 Å². The number of aliphatic hydroxyl groups is 4. The molecule has 2 saturated heterocycles. The first-order valence-electron chi connectivity index (χ1n) is 20.3. The third-order valence-corrected chi connectivity index (χ3v) is 10.6. The second-order valence-corrected chi connectivity index (χ2v) is 14.9. The molecular formula is C48H54O12. The topological polar surface area (TPSA) is 155 Å². The van der Waals surface area contributed by atoms with Crippen molar-refractivity contribution in [3.8, 4) is 0 Å². The third kappa shape index (κ3) is 11.9. The van der Waals surface area contributed by atoms with Gasteiger partial charge in [0, 0.05) is 0 Å². The molecule has 0 saturated carbocycles. The van der Waals surface area contributed by atoms with Crippen LogP contribution in [0.1, 0.15) is 27.8 Å². The maximum Gasteiger partial charge on any atom is 0.187 e. The van der Waals surface area contributed by atoms with Crippen molar-refractivity contribution in [1.82, 2.24) is 0 Å². The van der Waals surface area contributed by atoms with Crippen LogP contribution in [0.15, 0.2) is 152 Å². The first-order valence-corrected chi connectivity index (χ1v) is 20.3. The van der Waals surface area contributed by atoms with Crippen LogP contribution in [0.3, 0.4) is 0 Å². The Balaban J connectivity index is 1.24. The summed E-state index contributed by atoms with van der Waals surface area (Å²) in [7, 11) is 0. The molecule has 7 rings (SSSR count). The number of hydrogen-bond donors (Lipinski definition) is 4. The highest BCUT2D eigenvalue weighted by atomic mass is 16.7. The van der Waals surface area contributed by atoms with Gasteiger partial charge in [0.05, 0.1) is 46.2 Å². The van der Waals surface area contributed by atoms with Crippen molar-refractivity contribution in [3.63, 3.8) is 0 Å². The molecule has 2 heterocycles. The number of aliphatic hydroxyl groups excluding tert-OH is 4. The van der Waals surface area contributed by atoms with Crippen molar-refractivity contribution in [3.05, 3.63) is 179 Å². The van der Waals surface area contributed by atoms with E-state index in [-0.39, 0.29) is 39.6 Å². The van der Waals surface area contributed by atoms with Gasteiger partial charge in [0.1, 0.15) is 54.9 Å². The van der Waals surface area contributed by atoms with E-state index in [9.17, 15) is 20.4 Å². The van der Waals surface area contributed by atoms with Crippen LogP contribution in [0.2, 0.25) is 0 Å². The molecular weight excluding hydrogens is 769 g/mol. The summed E-state index contributed by atoms with van der Waals surface area (Å²) in [6, 6.07) is 47.8. The predicted octanol–water partition coefficient (Wildman–Crippen LogP) is 5.09. The molecule has 318 valence electrons. The number of benzene rings is 5. The Labute approximate surface area is 350 Å². The molecule has 0 unspecified atom stereocenters. The molecule has 2 aliphatic rings. The van der Waals surface area contributed by atoms with Crippen LogP contribution in [-0.4, -0.2) is 101 Å². The van der Waals surface area contributed by atoms with Gasteiger partial charge in [-0.25, -0.2) is 0 Å². The van der Waals surface area contributed by atoms with Crippen molar-refractivity contribution < 1.29 is 58.3 Å². The zero-order chi connectivity index (χ0) is 41.5. The van der Waals surface area contributed by atoms with E-state index in [4.69, 9.17) is 37.9 Å². The summed E-state index contributed by atoms with van der Waals surface area (Å²) in [5.74, 6) is 0. The number of rotatable bonds is 20. The monoisotopic (exact) mass is 822 g/mol. The molecule has 11 atom stereocenters. The van der Waals surface area contributed by atoms with E-state index in [1.807, 2.05) is 152 Å². The lowest BCUT2D eigenvalue weighted by Crippen LogP contribution is -2.67. The lowest BCUT2D eigenvalue weighted by atomic mass is 9.94. The van der Waals surface area contributed by atoms with Crippen molar-refractivity contribution in [2.45, 2.75) is 101 Å². The van der Waals surface area contributed by atoms with E-state index < -0.39 is 74.1 Å². The fourth-order valence-electron chi connectivity index (χ4n) is 7.40. The third-order valence-electron chi connectivity index (χ3n) is 10.6. The largest absolute Gasteiger partial charge is 0.394 e. The normalized spacial score (nSPS) is 27.3. The zero-order valence-corrected chi connectivity index (χ0v) is 33.3. The zero-order valence-electron chi connectivity index (χ0n) is 33.3. The molecule has 0 aliphatic carbocycles. The van der Waals surface area contributed by atoms with Gasteiger partial charge in [0.15, 0.2) is 12.6 Å². The SMILES string of the molecule is OC[C@@H](O)[C@H]1O[C@@H](O[C@H]2[C@H](OCc3ccccc3)[C@H](OCc3ccccc3)[C@@H](O)O[C@@H]2COCc2ccccc2)[C@@H](OCc2ccccc2)[C@@H](OCc2ccccc2)[C@@H]1O. The smallest absolute Gasteiger partial charge is 0.187 e. The molecule has 60 heavy (non-hydrogen) atoms. The first-order chi connectivity index (χ1) is 29.5. The molecule has 0 aromatic heterocycles.